The van der Waals surface area contributed by atoms with Gasteiger partial charge in [0, 0.05) is 30.2 Å². The predicted molar refractivity (Wildman–Crippen MR) is 77.2 cm³/mol. The van der Waals surface area contributed by atoms with Crippen molar-refractivity contribution in [2.45, 2.75) is 19.4 Å². The van der Waals surface area contributed by atoms with E-state index in [9.17, 15) is 4.79 Å². The van der Waals surface area contributed by atoms with Gasteiger partial charge in [-0.1, -0.05) is 0 Å². The third-order valence-electron chi connectivity index (χ3n) is 3.44. The molecule has 0 unspecified atom stereocenters. The van der Waals surface area contributed by atoms with Gasteiger partial charge in [0.25, 0.3) is 0 Å². The fourth-order valence-corrected chi connectivity index (χ4v) is 2.45. The van der Waals surface area contributed by atoms with Gasteiger partial charge < -0.3 is 9.64 Å². The molecule has 1 aromatic carbocycles. The minimum Gasteiger partial charge on any atom is -0.372 e. The van der Waals surface area contributed by atoms with E-state index in [1.54, 1.807) is 18.3 Å². The van der Waals surface area contributed by atoms with E-state index in [4.69, 9.17) is 4.74 Å². The third kappa shape index (κ3) is 2.49. The van der Waals surface area contributed by atoms with Crippen molar-refractivity contribution in [1.82, 2.24) is 9.97 Å². The minimum absolute atomic E-state index is 0.183. The highest BCUT2D eigenvalue weighted by Gasteiger charge is 2.28. The quantitative estimate of drug-likeness (QED) is 0.782. The summed E-state index contributed by atoms with van der Waals surface area (Å²) >= 11 is 0. The van der Waals surface area contributed by atoms with Crippen molar-refractivity contribution in [2.75, 3.05) is 24.6 Å². The normalized spacial score (nSPS) is 18.2. The Balaban J connectivity index is 1.94. The number of benzene rings is 1. The molecule has 1 aromatic heterocycles. The first-order valence-electron chi connectivity index (χ1n) is 6.68. The number of carbonyl (C=O) groups excluding carboxylic acids is 1. The second kappa shape index (κ2) is 4.83. The number of aldehydes is 1. The van der Waals surface area contributed by atoms with Crippen LogP contribution in [0.5, 0.6) is 0 Å². The highest BCUT2D eigenvalue weighted by molar-refractivity contribution is 5.86. The largest absolute Gasteiger partial charge is 0.372 e. The molecule has 0 radical (unpaired) electrons. The lowest BCUT2D eigenvalue weighted by Crippen LogP contribution is -2.48. The molecular weight excluding hydrogens is 254 g/mol. The molecule has 2 heterocycles. The molecule has 1 fully saturated rings. The Morgan fingerprint density at radius 2 is 2.25 bits per heavy atom. The van der Waals surface area contributed by atoms with Crippen LogP contribution in [-0.4, -0.2) is 41.6 Å². The maximum Gasteiger partial charge on any atom is 0.226 e. The van der Waals surface area contributed by atoms with E-state index in [0.717, 1.165) is 30.3 Å². The monoisotopic (exact) mass is 271 g/mol. The molecule has 0 saturated carbocycles. The second-order valence-electron chi connectivity index (χ2n) is 5.64. The molecule has 0 bridgehead atoms. The molecule has 0 N–H and O–H groups in total. The van der Waals surface area contributed by atoms with Crippen molar-refractivity contribution in [3.05, 3.63) is 30.0 Å². The van der Waals surface area contributed by atoms with Gasteiger partial charge in [-0.2, -0.15) is 0 Å². The van der Waals surface area contributed by atoms with E-state index in [0.29, 0.717) is 18.1 Å². The molecular formula is C15H17N3O2. The number of nitrogens with zero attached hydrogens (tertiary/aromatic N) is 3. The van der Waals surface area contributed by atoms with Crippen LogP contribution >= 0.6 is 0 Å². The SMILES string of the molecule is CC1(C)CN(c2ncc3cc(C=O)ccc3n2)CCO1. The smallest absolute Gasteiger partial charge is 0.226 e. The first kappa shape index (κ1) is 13.0. The average molecular weight is 271 g/mol. The Kier molecular flexibility index (Phi) is 3.14. The molecule has 1 aliphatic rings. The lowest BCUT2D eigenvalue weighted by molar-refractivity contribution is -0.0281. The lowest BCUT2D eigenvalue weighted by atomic mass is 10.1. The molecule has 0 spiro atoms. The Labute approximate surface area is 117 Å². The predicted octanol–water partition coefficient (Wildman–Crippen LogP) is 2.06. The zero-order valence-corrected chi connectivity index (χ0v) is 11.7. The number of rotatable bonds is 2. The molecule has 5 nitrogen and oxygen atoms in total. The van der Waals surface area contributed by atoms with E-state index >= 15 is 0 Å². The first-order valence-corrected chi connectivity index (χ1v) is 6.68. The van der Waals surface area contributed by atoms with Crippen LogP contribution in [-0.2, 0) is 4.74 Å². The Morgan fingerprint density at radius 3 is 3.00 bits per heavy atom. The molecule has 0 amide bonds. The highest BCUT2D eigenvalue weighted by atomic mass is 16.5. The molecule has 3 rings (SSSR count). The number of anilines is 1. The first-order chi connectivity index (χ1) is 9.57. The van der Waals surface area contributed by atoms with E-state index in [2.05, 4.69) is 28.7 Å². The maximum atomic E-state index is 10.8. The number of fused-ring (bicyclic) bond motifs is 1. The van der Waals surface area contributed by atoms with Crippen LogP contribution in [0.1, 0.15) is 24.2 Å². The van der Waals surface area contributed by atoms with Crippen LogP contribution < -0.4 is 4.90 Å². The van der Waals surface area contributed by atoms with Gasteiger partial charge in [-0.3, -0.25) is 4.79 Å². The van der Waals surface area contributed by atoms with Gasteiger partial charge in [0.15, 0.2) is 0 Å². The Morgan fingerprint density at radius 1 is 1.40 bits per heavy atom. The van der Waals surface area contributed by atoms with E-state index in [1.165, 1.54) is 0 Å². The van der Waals surface area contributed by atoms with Gasteiger partial charge in [-0.05, 0) is 32.0 Å². The van der Waals surface area contributed by atoms with Crippen LogP contribution in [0.2, 0.25) is 0 Å². The van der Waals surface area contributed by atoms with Crippen LogP contribution in [0.15, 0.2) is 24.4 Å². The standard InChI is InChI=1S/C15H17N3O2/c1-15(2)10-18(5-6-20-15)14-16-8-12-7-11(9-19)3-4-13(12)17-14/h3-4,7-9H,5-6,10H2,1-2H3. The minimum atomic E-state index is -0.183. The average Bonchev–Trinajstić information content (AvgIpc) is 2.45. The van der Waals surface area contributed by atoms with Crippen molar-refractivity contribution < 1.29 is 9.53 Å². The van der Waals surface area contributed by atoms with Crippen LogP contribution in [0.4, 0.5) is 5.95 Å². The highest BCUT2D eigenvalue weighted by Crippen LogP contribution is 2.22. The molecule has 1 aliphatic heterocycles. The number of carbonyl (C=O) groups is 1. The number of hydrogen-bond acceptors (Lipinski definition) is 5. The van der Waals surface area contributed by atoms with Crippen molar-refractivity contribution in [3.8, 4) is 0 Å². The van der Waals surface area contributed by atoms with Crippen LogP contribution in [0, 0.1) is 0 Å². The van der Waals surface area contributed by atoms with Gasteiger partial charge in [-0.25, -0.2) is 9.97 Å². The molecule has 0 aliphatic carbocycles. The summed E-state index contributed by atoms with van der Waals surface area (Å²) in [6, 6.07) is 5.43. The molecule has 20 heavy (non-hydrogen) atoms. The van der Waals surface area contributed by atoms with Crippen molar-refractivity contribution in [3.63, 3.8) is 0 Å². The summed E-state index contributed by atoms with van der Waals surface area (Å²) in [6.07, 6.45) is 2.60. The number of ether oxygens (including phenoxy) is 1. The van der Waals surface area contributed by atoms with Crippen molar-refractivity contribution in [2.24, 2.45) is 0 Å². The van der Waals surface area contributed by atoms with Crippen molar-refractivity contribution >= 4 is 23.1 Å². The van der Waals surface area contributed by atoms with Gasteiger partial charge >= 0.3 is 0 Å². The summed E-state index contributed by atoms with van der Waals surface area (Å²) in [4.78, 5) is 21.9. The number of aromatic nitrogens is 2. The van der Waals surface area contributed by atoms with Gasteiger partial charge in [-0.15, -0.1) is 0 Å². The summed E-state index contributed by atoms with van der Waals surface area (Å²) < 4.78 is 5.70. The van der Waals surface area contributed by atoms with Gasteiger partial charge in [0.1, 0.15) is 6.29 Å². The maximum absolute atomic E-state index is 10.8. The summed E-state index contributed by atoms with van der Waals surface area (Å²) in [6.45, 7) is 6.37. The van der Waals surface area contributed by atoms with E-state index < -0.39 is 0 Å². The summed E-state index contributed by atoms with van der Waals surface area (Å²) in [5.74, 6) is 0.715. The molecule has 104 valence electrons. The zero-order chi connectivity index (χ0) is 14.2. The van der Waals surface area contributed by atoms with Crippen molar-refractivity contribution in [1.29, 1.82) is 0 Å². The van der Waals surface area contributed by atoms with E-state index in [-0.39, 0.29) is 5.60 Å². The molecule has 1 saturated heterocycles. The Hall–Kier alpha value is -2.01. The number of hydrogen-bond donors (Lipinski definition) is 0. The van der Waals surface area contributed by atoms with E-state index in [1.807, 2.05) is 6.07 Å². The fourth-order valence-electron chi connectivity index (χ4n) is 2.45. The summed E-state index contributed by atoms with van der Waals surface area (Å²) in [5.41, 5.74) is 1.31. The van der Waals surface area contributed by atoms with Gasteiger partial charge in [0.2, 0.25) is 5.95 Å². The Bertz CT molecular complexity index is 655. The van der Waals surface area contributed by atoms with Gasteiger partial charge in [0.05, 0.1) is 17.7 Å². The number of morpholine rings is 1. The summed E-state index contributed by atoms with van der Waals surface area (Å²) in [5, 5.41) is 0.880. The topological polar surface area (TPSA) is 55.3 Å². The van der Waals surface area contributed by atoms with Crippen LogP contribution in [0.25, 0.3) is 10.9 Å². The van der Waals surface area contributed by atoms with Crippen LogP contribution in [0.3, 0.4) is 0 Å². The lowest BCUT2D eigenvalue weighted by Gasteiger charge is -2.38. The summed E-state index contributed by atoms with van der Waals surface area (Å²) in [7, 11) is 0. The fraction of sp³-hybridized carbons (Fsp3) is 0.400. The third-order valence-corrected chi connectivity index (χ3v) is 3.44. The molecule has 2 aromatic rings. The molecule has 5 heteroatoms. The molecule has 0 atom stereocenters. The second-order valence-corrected chi connectivity index (χ2v) is 5.64. The zero-order valence-electron chi connectivity index (χ0n) is 11.7.